The summed E-state index contributed by atoms with van der Waals surface area (Å²) in [4.78, 5) is 13.8. The lowest BCUT2D eigenvalue weighted by Gasteiger charge is -2.11. The molecule has 1 aromatic rings. The first kappa shape index (κ1) is 10.7. The van der Waals surface area contributed by atoms with E-state index in [-0.39, 0.29) is 5.92 Å². The van der Waals surface area contributed by atoms with Crippen molar-refractivity contribution >= 4 is 17.3 Å². The van der Waals surface area contributed by atoms with E-state index in [4.69, 9.17) is 0 Å². The van der Waals surface area contributed by atoms with E-state index in [2.05, 4.69) is 13.8 Å². The predicted molar refractivity (Wildman–Crippen MR) is 61.7 cm³/mol. The number of rotatable bonds is 1. The summed E-state index contributed by atoms with van der Waals surface area (Å²) in [5.74, 6) is -0.911. The van der Waals surface area contributed by atoms with Crippen LogP contribution in [0.1, 0.15) is 46.1 Å². The first-order chi connectivity index (χ1) is 7.11. The maximum Gasteiger partial charge on any atom is 0.311 e. The zero-order chi connectivity index (χ0) is 11.0. The van der Waals surface area contributed by atoms with E-state index < -0.39 is 5.97 Å². The Bertz CT molecular complexity index is 393. The summed E-state index contributed by atoms with van der Waals surface area (Å²) in [5, 5.41) is 9.25. The molecule has 1 aromatic heterocycles. The van der Waals surface area contributed by atoms with Gasteiger partial charge in [-0.3, -0.25) is 4.79 Å². The second-order valence-corrected chi connectivity index (χ2v) is 5.67. The van der Waals surface area contributed by atoms with Gasteiger partial charge in [0.05, 0.1) is 5.92 Å². The minimum absolute atomic E-state index is 0.257. The van der Waals surface area contributed by atoms with Crippen molar-refractivity contribution in [1.82, 2.24) is 0 Å². The molecular formula is C12H16O2S. The van der Waals surface area contributed by atoms with E-state index in [1.54, 1.807) is 11.3 Å². The van der Waals surface area contributed by atoms with Gasteiger partial charge in [0.2, 0.25) is 0 Å². The summed E-state index contributed by atoms with van der Waals surface area (Å²) in [6.45, 7) is 4.17. The van der Waals surface area contributed by atoms with Crippen molar-refractivity contribution in [2.45, 2.75) is 45.4 Å². The molecule has 1 aliphatic rings. The maximum absolute atomic E-state index is 11.2. The summed E-state index contributed by atoms with van der Waals surface area (Å²) >= 11 is 1.75. The zero-order valence-electron chi connectivity index (χ0n) is 9.17. The predicted octanol–water partition coefficient (Wildman–Crippen LogP) is 3.26. The third-order valence-electron chi connectivity index (χ3n) is 3.25. The highest BCUT2D eigenvalue weighted by molar-refractivity contribution is 7.12. The molecule has 0 amide bonds. The van der Waals surface area contributed by atoms with Crippen LogP contribution in [0.2, 0.25) is 0 Å². The molecule has 1 unspecified atom stereocenters. The fraction of sp³-hybridized carbons (Fsp3) is 0.583. The molecule has 0 saturated carbocycles. The van der Waals surface area contributed by atoms with Gasteiger partial charge in [-0.25, -0.2) is 0 Å². The third-order valence-corrected chi connectivity index (χ3v) is 4.33. The highest BCUT2D eigenvalue weighted by atomic mass is 32.1. The van der Waals surface area contributed by atoms with Crippen molar-refractivity contribution in [2.24, 2.45) is 0 Å². The van der Waals surface area contributed by atoms with Crippen molar-refractivity contribution in [3.05, 3.63) is 20.9 Å². The summed E-state index contributed by atoms with van der Waals surface area (Å²) in [5.41, 5.74) is 2.45. The number of carbonyl (C=O) groups is 1. The first-order valence-corrected chi connectivity index (χ1v) is 6.24. The van der Waals surface area contributed by atoms with E-state index in [1.165, 1.54) is 15.3 Å². The molecular weight excluding hydrogens is 208 g/mol. The summed E-state index contributed by atoms with van der Waals surface area (Å²) in [6, 6.07) is 0. The molecule has 0 spiro atoms. The van der Waals surface area contributed by atoms with Crippen LogP contribution in [0.25, 0.3) is 0 Å². The minimum Gasteiger partial charge on any atom is -0.481 e. The highest BCUT2D eigenvalue weighted by Gasteiger charge is 2.28. The Morgan fingerprint density at radius 3 is 2.73 bits per heavy atom. The largest absolute Gasteiger partial charge is 0.481 e. The van der Waals surface area contributed by atoms with Crippen LogP contribution in [0.4, 0.5) is 0 Å². The monoisotopic (exact) mass is 224 g/mol. The van der Waals surface area contributed by atoms with Crippen molar-refractivity contribution < 1.29 is 9.90 Å². The number of hydrogen-bond donors (Lipinski definition) is 1. The van der Waals surface area contributed by atoms with E-state index in [0.29, 0.717) is 0 Å². The number of aliphatic carboxylic acids is 1. The first-order valence-electron chi connectivity index (χ1n) is 5.43. The SMILES string of the molecule is Cc1sc(C)c2c1CCCCC2C(=O)O. The Kier molecular flexibility index (Phi) is 2.83. The Morgan fingerprint density at radius 2 is 2.07 bits per heavy atom. The number of carboxylic acids is 1. The smallest absolute Gasteiger partial charge is 0.311 e. The average molecular weight is 224 g/mol. The van der Waals surface area contributed by atoms with Gasteiger partial charge in [0, 0.05) is 9.75 Å². The molecule has 15 heavy (non-hydrogen) atoms. The molecule has 0 bridgehead atoms. The van der Waals surface area contributed by atoms with Crippen LogP contribution < -0.4 is 0 Å². The fourth-order valence-corrected chi connectivity index (χ4v) is 3.73. The zero-order valence-corrected chi connectivity index (χ0v) is 9.99. The van der Waals surface area contributed by atoms with Crippen molar-refractivity contribution in [3.63, 3.8) is 0 Å². The lowest BCUT2D eigenvalue weighted by Crippen LogP contribution is -2.12. The van der Waals surface area contributed by atoms with E-state index in [1.807, 2.05) is 0 Å². The Balaban J connectivity index is 2.52. The van der Waals surface area contributed by atoms with Crippen LogP contribution in [0.3, 0.4) is 0 Å². The van der Waals surface area contributed by atoms with Crippen LogP contribution >= 0.6 is 11.3 Å². The van der Waals surface area contributed by atoms with Gasteiger partial charge in [0.15, 0.2) is 0 Å². The topological polar surface area (TPSA) is 37.3 Å². The molecule has 2 nitrogen and oxygen atoms in total. The van der Waals surface area contributed by atoms with E-state index >= 15 is 0 Å². The third kappa shape index (κ3) is 1.81. The molecule has 3 heteroatoms. The van der Waals surface area contributed by atoms with E-state index in [0.717, 1.165) is 31.2 Å². The number of fused-ring (bicyclic) bond motifs is 1. The van der Waals surface area contributed by atoms with Gasteiger partial charge in [0.1, 0.15) is 0 Å². The summed E-state index contributed by atoms with van der Waals surface area (Å²) < 4.78 is 0. The molecule has 1 heterocycles. The van der Waals surface area contributed by atoms with Gasteiger partial charge >= 0.3 is 5.97 Å². The molecule has 0 saturated heterocycles. The minimum atomic E-state index is -0.654. The van der Waals surface area contributed by atoms with Gasteiger partial charge in [-0.1, -0.05) is 6.42 Å². The van der Waals surface area contributed by atoms with Crippen LogP contribution in [-0.4, -0.2) is 11.1 Å². The molecule has 1 atom stereocenters. The van der Waals surface area contributed by atoms with Gasteiger partial charge in [0.25, 0.3) is 0 Å². The summed E-state index contributed by atoms with van der Waals surface area (Å²) in [6.07, 6.45) is 4.04. The van der Waals surface area contributed by atoms with Gasteiger partial charge in [-0.15, -0.1) is 11.3 Å². The van der Waals surface area contributed by atoms with Crippen LogP contribution in [0, 0.1) is 13.8 Å². The molecule has 0 radical (unpaired) electrons. The average Bonchev–Trinajstić information content (AvgIpc) is 2.40. The second kappa shape index (κ2) is 3.97. The molecule has 82 valence electrons. The van der Waals surface area contributed by atoms with Gasteiger partial charge < -0.3 is 5.11 Å². The molecule has 2 rings (SSSR count). The van der Waals surface area contributed by atoms with Gasteiger partial charge in [-0.2, -0.15) is 0 Å². The van der Waals surface area contributed by atoms with Crippen LogP contribution in [-0.2, 0) is 11.2 Å². The fourth-order valence-electron chi connectivity index (χ4n) is 2.56. The number of thiophene rings is 1. The molecule has 0 aliphatic heterocycles. The number of carboxylic acid groups (broad SMARTS) is 1. The summed E-state index contributed by atoms with van der Waals surface area (Å²) in [7, 11) is 0. The standard InChI is InChI=1S/C12H16O2S/c1-7-9-5-3-4-6-10(12(13)14)11(9)8(2)15-7/h10H,3-6H2,1-2H3,(H,13,14). The highest BCUT2D eigenvalue weighted by Crippen LogP contribution is 2.39. The number of aryl methyl sites for hydroxylation is 2. The number of hydrogen-bond acceptors (Lipinski definition) is 2. The molecule has 0 fully saturated rings. The Hall–Kier alpha value is -0.830. The molecule has 0 aromatic carbocycles. The van der Waals surface area contributed by atoms with Crippen molar-refractivity contribution in [1.29, 1.82) is 0 Å². The molecule has 1 aliphatic carbocycles. The van der Waals surface area contributed by atoms with E-state index in [9.17, 15) is 9.90 Å². The lowest BCUT2D eigenvalue weighted by atomic mass is 9.93. The maximum atomic E-state index is 11.2. The lowest BCUT2D eigenvalue weighted by molar-refractivity contribution is -0.139. The van der Waals surface area contributed by atoms with Crippen LogP contribution in [0.15, 0.2) is 0 Å². The normalized spacial score (nSPS) is 20.8. The van der Waals surface area contributed by atoms with Gasteiger partial charge in [-0.05, 0) is 44.2 Å². The van der Waals surface area contributed by atoms with Crippen LogP contribution in [0.5, 0.6) is 0 Å². The van der Waals surface area contributed by atoms with Crippen molar-refractivity contribution in [3.8, 4) is 0 Å². The molecule has 1 N–H and O–H groups in total. The quantitative estimate of drug-likeness (QED) is 0.743. The Labute approximate surface area is 93.9 Å². The van der Waals surface area contributed by atoms with Crippen molar-refractivity contribution in [2.75, 3.05) is 0 Å². The Morgan fingerprint density at radius 1 is 1.33 bits per heavy atom. The second-order valence-electron chi connectivity index (χ2n) is 4.24.